The van der Waals surface area contributed by atoms with Crippen LogP contribution >= 0.6 is 34.7 Å². The number of thiazole rings is 1. The van der Waals surface area contributed by atoms with Gasteiger partial charge in [0, 0.05) is 28.0 Å². The van der Waals surface area contributed by atoms with Crippen LogP contribution in [0.1, 0.15) is 21.9 Å². The number of halogens is 1. The molecule has 13 heteroatoms. The number of hydrogen-bond donors (Lipinski definition) is 1. The van der Waals surface area contributed by atoms with Crippen molar-refractivity contribution in [1.82, 2.24) is 4.98 Å². The number of carbonyl (C=O) groups excluding carboxylic acids is 2. The second kappa shape index (κ2) is 10.7. The zero-order chi connectivity index (χ0) is 28.8. The molecule has 3 aromatic carbocycles. The van der Waals surface area contributed by atoms with Crippen LogP contribution in [0.5, 0.6) is 11.5 Å². The highest BCUT2D eigenvalue weighted by atomic mass is 35.5. The van der Waals surface area contributed by atoms with E-state index in [1.54, 1.807) is 30.3 Å². The number of non-ortho nitro benzene ring substituents is 1. The molecule has 0 spiro atoms. The Balaban J connectivity index is 1.36. The Kier molecular flexibility index (Phi) is 7.06. The molecule has 1 N–H and O–H groups in total. The van der Waals surface area contributed by atoms with Crippen molar-refractivity contribution in [1.29, 1.82) is 0 Å². The lowest BCUT2D eigenvalue weighted by molar-refractivity contribution is -0.384. The number of aromatic amines is 1. The third-order valence-electron chi connectivity index (χ3n) is 6.97. The number of hydrogen-bond acceptors (Lipinski definition) is 9. The molecule has 10 nitrogen and oxygen atoms in total. The summed E-state index contributed by atoms with van der Waals surface area (Å²) < 4.78 is 11.6. The Hall–Kier alpha value is -4.13. The lowest BCUT2D eigenvalue weighted by Crippen LogP contribution is -2.32. The van der Waals surface area contributed by atoms with E-state index < -0.39 is 33.8 Å². The number of benzene rings is 3. The maximum absolute atomic E-state index is 13.9. The van der Waals surface area contributed by atoms with E-state index in [1.165, 1.54) is 31.4 Å². The second-order valence-corrected chi connectivity index (χ2v) is 12.0. The molecule has 1 fully saturated rings. The van der Waals surface area contributed by atoms with Gasteiger partial charge in [-0.3, -0.25) is 24.5 Å². The number of methoxy groups -OCH3 is 1. The maximum atomic E-state index is 13.9. The molecule has 0 bridgehead atoms. The van der Waals surface area contributed by atoms with Crippen molar-refractivity contribution >= 4 is 57.9 Å². The Morgan fingerprint density at radius 1 is 1.02 bits per heavy atom. The van der Waals surface area contributed by atoms with Crippen LogP contribution in [-0.4, -0.2) is 34.1 Å². The van der Waals surface area contributed by atoms with Crippen LogP contribution < -0.4 is 19.2 Å². The molecular formula is C28H20ClN3O7S2. The predicted molar refractivity (Wildman–Crippen MR) is 154 cm³/mol. The zero-order valence-electron chi connectivity index (χ0n) is 21.2. The molecule has 41 heavy (non-hydrogen) atoms. The highest BCUT2D eigenvalue weighted by molar-refractivity contribution is 8.00. The fraction of sp³-hybridized carbons (Fsp3) is 0.179. The molecule has 3 unspecified atom stereocenters. The number of carbonyl (C=O) groups is 2. The standard InChI is InChI=1S/C28H20ClN3O7S2/c1-38-20-12-15(5-10-19(20)39-13-14-3-2-4-16(29)11-14)21-22-24(40-25-23(21)41-28(35)30-25)27(34)31(26(22)33)17-6-8-18(9-7-17)32(36)37/h2-12,21-22,24H,13H2,1H3,(H,30,35). The van der Waals surface area contributed by atoms with Gasteiger partial charge in [0.25, 0.3) is 5.69 Å². The van der Waals surface area contributed by atoms with E-state index in [1.807, 2.05) is 12.1 Å². The van der Waals surface area contributed by atoms with E-state index in [-0.39, 0.29) is 22.9 Å². The Bertz CT molecular complexity index is 1750. The first-order valence-corrected chi connectivity index (χ1v) is 14.4. The van der Waals surface area contributed by atoms with E-state index in [0.29, 0.717) is 32.0 Å². The minimum absolute atomic E-state index is 0.151. The summed E-state index contributed by atoms with van der Waals surface area (Å²) >= 11 is 8.24. The number of aromatic nitrogens is 1. The van der Waals surface area contributed by atoms with Crippen LogP contribution in [-0.2, 0) is 16.2 Å². The summed E-state index contributed by atoms with van der Waals surface area (Å²) in [4.78, 5) is 54.6. The third-order valence-corrected chi connectivity index (χ3v) is 9.61. The topological polar surface area (TPSA) is 132 Å². The van der Waals surface area contributed by atoms with E-state index >= 15 is 0 Å². The Morgan fingerprint density at radius 3 is 2.51 bits per heavy atom. The number of anilines is 1. The summed E-state index contributed by atoms with van der Waals surface area (Å²) in [5, 5.41) is 11.4. The van der Waals surface area contributed by atoms with Crippen LogP contribution in [0.4, 0.5) is 11.4 Å². The third kappa shape index (κ3) is 4.88. The van der Waals surface area contributed by atoms with Crippen LogP contribution in [0.15, 0.2) is 76.6 Å². The SMILES string of the molecule is COc1cc(C2c3sc(=O)[nH]c3SC3C(=O)N(c4ccc([N+](=O)[O-])cc4)C(=O)C32)ccc1OCc1cccc(Cl)c1. The summed E-state index contributed by atoms with van der Waals surface area (Å²) in [5.74, 6) is -1.43. The van der Waals surface area contributed by atoms with E-state index in [4.69, 9.17) is 21.1 Å². The number of nitrogens with one attached hydrogen (secondary N) is 1. The summed E-state index contributed by atoms with van der Waals surface area (Å²) in [6.45, 7) is 0.252. The number of ether oxygens (including phenoxy) is 2. The number of fused-ring (bicyclic) bond motifs is 2. The van der Waals surface area contributed by atoms with Gasteiger partial charge < -0.3 is 14.5 Å². The largest absolute Gasteiger partial charge is 0.493 e. The Morgan fingerprint density at radius 2 is 1.80 bits per heavy atom. The first-order valence-electron chi connectivity index (χ1n) is 12.3. The average molecular weight is 610 g/mol. The van der Waals surface area contributed by atoms with Gasteiger partial charge in [0.2, 0.25) is 11.8 Å². The van der Waals surface area contributed by atoms with E-state index in [9.17, 15) is 24.5 Å². The van der Waals surface area contributed by atoms with Crippen LogP contribution in [0.3, 0.4) is 0 Å². The molecule has 3 heterocycles. The van der Waals surface area contributed by atoms with Crippen molar-refractivity contribution in [3.8, 4) is 11.5 Å². The molecule has 1 saturated heterocycles. The van der Waals surface area contributed by atoms with Crippen molar-refractivity contribution < 1.29 is 24.0 Å². The lowest BCUT2D eigenvalue weighted by Gasteiger charge is -2.30. The highest BCUT2D eigenvalue weighted by Crippen LogP contribution is 2.53. The smallest absolute Gasteiger partial charge is 0.305 e. The number of thioether (sulfide) groups is 1. The maximum Gasteiger partial charge on any atom is 0.305 e. The average Bonchev–Trinajstić information content (AvgIpc) is 3.46. The van der Waals surface area contributed by atoms with Gasteiger partial charge in [-0.1, -0.05) is 52.9 Å². The summed E-state index contributed by atoms with van der Waals surface area (Å²) in [6, 6.07) is 17.9. The van der Waals surface area contributed by atoms with Crippen LogP contribution in [0.2, 0.25) is 5.02 Å². The fourth-order valence-electron chi connectivity index (χ4n) is 5.14. The first-order chi connectivity index (χ1) is 19.7. The number of imide groups is 1. The molecule has 0 saturated carbocycles. The molecule has 2 aliphatic rings. The van der Waals surface area contributed by atoms with Gasteiger partial charge >= 0.3 is 4.87 Å². The number of H-pyrrole nitrogens is 1. The number of nitrogens with zero attached hydrogens (tertiary/aromatic N) is 2. The zero-order valence-corrected chi connectivity index (χ0v) is 23.6. The van der Waals surface area contributed by atoms with Gasteiger partial charge in [0.1, 0.15) is 11.9 Å². The number of nitro groups is 1. The monoisotopic (exact) mass is 609 g/mol. The van der Waals surface area contributed by atoms with Gasteiger partial charge in [-0.15, -0.1) is 0 Å². The van der Waals surface area contributed by atoms with Gasteiger partial charge in [0.15, 0.2) is 11.5 Å². The van der Waals surface area contributed by atoms with Crippen molar-refractivity contribution in [2.24, 2.45) is 5.92 Å². The highest BCUT2D eigenvalue weighted by Gasteiger charge is 2.56. The van der Waals surface area contributed by atoms with Gasteiger partial charge in [-0.2, -0.15) is 0 Å². The number of amides is 2. The normalized spacial score (nSPS) is 19.6. The van der Waals surface area contributed by atoms with Crippen molar-refractivity contribution in [2.75, 3.05) is 12.0 Å². The molecule has 1 aromatic heterocycles. The second-order valence-electron chi connectivity index (χ2n) is 9.36. The fourth-order valence-corrected chi connectivity index (χ4v) is 7.87. The van der Waals surface area contributed by atoms with Gasteiger partial charge in [0.05, 0.1) is 28.7 Å². The molecule has 3 atom stereocenters. The quantitative estimate of drug-likeness (QED) is 0.168. The minimum atomic E-state index is -0.815. The molecular weight excluding hydrogens is 590 g/mol. The van der Waals surface area contributed by atoms with E-state index in [0.717, 1.165) is 33.6 Å². The molecule has 4 aromatic rings. The molecule has 0 radical (unpaired) electrons. The summed E-state index contributed by atoms with van der Waals surface area (Å²) in [5.41, 5.74) is 1.65. The first kappa shape index (κ1) is 27.1. The molecule has 0 aliphatic carbocycles. The van der Waals surface area contributed by atoms with Crippen molar-refractivity contribution in [3.63, 3.8) is 0 Å². The number of rotatable bonds is 7. The van der Waals surface area contributed by atoms with E-state index in [2.05, 4.69) is 4.98 Å². The summed E-state index contributed by atoms with van der Waals surface area (Å²) in [7, 11) is 1.51. The van der Waals surface area contributed by atoms with Crippen LogP contribution in [0, 0.1) is 16.0 Å². The lowest BCUT2D eigenvalue weighted by atomic mass is 9.83. The van der Waals surface area contributed by atoms with Gasteiger partial charge in [-0.05, 0) is 47.5 Å². The van der Waals surface area contributed by atoms with Crippen molar-refractivity contribution in [2.45, 2.75) is 22.8 Å². The van der Waals surface area contributed by atoms with Gasteiger partial charge in [-0.25, -0.2) is 4.90 Å². The predicted octanol–water partition coefficient (Wildman–Crippen LogP) is 5.38. The summed E-state index contributed by atoms with van der Waals surface area (Å²) in [6.07, 6.45) is 0. The molecule has 6 rings (SSSR count). The molecule has 2 amide bonds. The number of nitro benzene ring substituents is 1. The van der Waals surface area contributed by atoms with Crippen LogP contribution in [0.25, 0.3) is 0 Å². The minimum Gasteiger partial charge on any atom is -0.493 e. The molecule has 208 valence electrons. The van der Waals surface area contributed by atoms with Crippen molar-refractivity contribution in [3.05, 3.63) is 108 Å². The Labute approximate surface area is 246 Å². The molecule has 2 aliphatic heterocycles.